The minimum Gasteiger partial charge on any atom is -0.445 e. The average molecular weight is 374 g/mol. The molecule has 0 radical (unpaired) electrons. The van der Waals surface area contributed by atoms with Gasteiger partial charge in [0.1, 0.15) is 6.61 Å². The van der Waals surface area contributed by atoms with E-state index in [4.69, 9.17) is 4.74 Å². The molecule has 0 bridgehead atoms. The van der Waals surface area contributed by atoms with Gasteiger partial charge in [0.05, 0.1) is 6.04 Å². The number of rotatable bonds is 7. The lowest BCUT2D eigenvalue weighted by Crippen LogP contribution is -2.45. The van der Waals surface area contributed by atoms with Crippen LogP contribution < -0.4 is 10.6 Å². The molecule has 7 nitrogen and oxygen atoms in total. The van der Waals surface area contributed by atoms with Crippen LogP contribution in [0.1, 0.15) is 38.7 Å². The van der Waals surface area contributed by atoms with E-state index in [1.165, 1.54) is 0 Å². The van der Waals surface area contributed by atoms with Crippen LogP contribution >= 0.6 is 0 Å². The van der Waals surface area contributed by atoms with Crippen LogP contribution in [-0.2, 0) is 25.7 Å². The quantitative estimate of drug-likeness (QED) is 0.711. The zero-order valence-electron chi connectivity index (χ0n) is 15.7. The predicted octanol–water partition coefficient (Wildman–Crippen LogP) is 1.99. The second-order valence-corrected chi connectivity index (χ2v) is 7.06. The van der Waals surface area contributed by atoms with Gasteiger partial charge in [-0.2, -0.15) is 0 Å². The molecule has 27 heavy (non-hydrogen) atoms. The first-order valence-electron chi connectivity index (χ1n) is 9.20. The summed E-state index contributed by atoms with van der Waals surface area (Å²) in [7, 11) is 0. The fourth-order valence-corrected chi connectivity index (χ4v) is 3.03. The standard InChI is InChI=1S/C20H26N2O5/c1-13(2)17(22-20(26)27-12-14-7-4-3-5-8-14)16(23)11-15-9-6-10-21-19(25)18(15)24/h3-5,7-8,13,15,17H,6,9-12H2,1-2H3,(H,21,25)(H,22,26). The zero-order valence-corrected chi connectivity index (χ0v) is 15.7. The van der Waals surface area contributed by atoms with Crippen molar-refractivity contribution in [1.29, 1.82) is 0 Å². The highest BCUT2D eigenvalue weighted by Crippen LogP contribution is 2.18. The van der Waals surface area contributed by atoms with Gasteiger partial charge in [0.15, 0.2) is 5.78 Å². The van der Waals surface area contributed by atoms with Crippen molar-refractivity contribution in [3.8, 4) is 0 Å². The number of ketones is 2. The van der Waals surface area contributed by atoms with Crippen molar-refractivity contribution in [2.75, 3.05) is 6.54 Å². The van der Waals surface area contributed by atoms with E-state index in [1.807, 2.05) is 44.2 Å². The summed E-state index contributed by atoms with van der Waals surface area (Å²) in [6.07, 6.45) is 0.380. The number of benzene rings is 1. The largest absolute Gasteiger partial charge is 0.445 e. The molecule has 1 aliphatic rings. The molecule has 2 atom stereocenters. The molecule has 0 aromatic heterocycles. The lowest BCUT2D eigenvalue weighted by molar-refractivity contribution is -0.140. The first-order valence-corrected chi connectivity index (χ1v) is 9.20. The third-order valence-corrected chi connectivity index (χ3v) is 4.56. The van der Waals surface area contributed by atoms with Crippen LogP contribution in [0.3, 0.4) is 0 Å². The maximum atomic E-state index is 12.7. The molecule has 1 fully saturated rings. The summed E-state index contributed by atoms with van der Waals surface area (Å²) in [5, 5.41) is 5.12. The Hall–Kier alpha value is -2.70. The van der Waals surface area contributed by atoms with Crippen LogP contribution in [0.15, 0.2) is 30.3 Å². The number of ether oxygens (including phenoxy) is 1. The average Bonchev–Trinajstić information content (AvgIpc) is 2.80. The molecule has 2 unspecified atom stereocenters. The van der Waals surface area contributed by atoms with Crippen LogP contribution in [0.4, 0.5) is 4.79 Å². The second-order valence-electron chi connectivity index (χ2n) is 7.06. The molecule has 2 N–H and O–H groups in total. The van der Waals surface area contributed by atoms with Crippen LogP contribution in [-0.4, -0.2) is 36.2 Å². The first-order chi connectivity index (χ1) is 12.9. The minimum atomic E-state index is -0.771. The summed E-state index contributed by atoms with van der Waals surface area (Å²) in [4.78, 5) is 48.5. The molecule has 0 saturated carbocycles. The highest BCUT2D eigenvalue weighted by molar-refractivity contribution is 6.37. The van der Waals surface area contributed by atoms with Gasteiger partial charge in [-0.3, -0.25) is 14.4 Å². The van der Waals surface area contributed by atoms with Gasteiger partial charge in [-0.25, -0.2) is 4.79 Å². The Balaban J connectivity index is 1.92. The Morgan fingerprint density at radius 1 is 1.22 bits per heavy atom. The van der Waals surface area contributed by atoms with E-state index in [2.05, 4.69) is 10.6 Å². The molecule has 146 valence electrons. The van der Waals surface area contributed by atoms with E-state index < -0.39 is 29.7 Å². The third-order valence-electron chi connectivity index (χ3n) is 4.56. The summed E-state index contributed by atoms with van der Waals surface area (Å²) >= 11 is 0. The Bertz CT molecular complexity index is 687. The summed E-state index contributed by atoms with van der Waals surface area (Å²) < 4.78 is 5.17. The number of hydrogen-bond acceptors (Lipinski definition) is 5. The molecule has 0 aliphatic carbocycles. The number of carbonyl (C=O) groups is 4. The maximum absolute atomic E-state index is 12.7. The molecule has 0 spiro atoms. The van der Waals surface area contributed by atoms with Gasteiger partial charge in [-0.05, 0) is 24.3 Å². The van der Waals surface area contributed by atoms with Gasteiger partial charge in [-0.15, -0.1) is 0 Å². The van der Waals surface area contributed by atoms with Gasteiger partial charge >= 0.3 is 6.09 Å². The molecule has 1 aliphatic heterocycles. The van der Waals surface area contributed by atoms with Gasteiger partial charge in [0.25, 0.3) is 5.91 Å². The van der Waals surface area contributed by atoms with Crippen LogP contribution in [0.25, 0.3) is 0 Å². The van der Waals surface area contributed by atoms with Crippen molar-refractivity contribution < 1.29 is 23.9 Å². The zero-order chi connectivity index (χ0) is 19.8. The Morgan fingerprint density at radius 3 is 2.59 bits per heavy atom. The van der Waals surface area contributed by atoms with Crippen molar-refractivity contribution in [1.82, 2.24) is 10.6 Å². The number of nitrogens with one attached hydrogen (secondary N) is 2. The Labute approximate surface area is 158 Å². The van der Waals surface area contributed by atoms with E-state index in [0.29, 0.717) is 19.4 Å². The Morgan fingerprint density at radius 2 is 1.93 bits per heavy atom. The third kappa shape index (κ3) is 6.20. The number of alkyl carbamates (subject to hydrolysis) is 1. The number of Topliss-reactive ketones (excluding diaryl/α,β-unsaturated/α-hetero) is 2. The van der Waals surface area contributed by atoms with Crippen molar-refractivity contribution in [3.63, 3.8) is 0 Å². The van der Waals surface area contributed by atoms with Crippen molar-refractivity contribution in [2.45, 2.75) is 45.8 Å². The smallest absolute Gasteiger partial charge is 0.408 e. The van der Waals surface area contributed by atoms with Gasteiger partial charge in [0.2, 0.25) is 5.78 Å². The molecule has 1 heterocycles. The normalized spacial score (nSPS) is 18.4. The molecular formula is C20H26N2O5. The Kier molecular flexibility index (Phi) is 7.52. The van der Waals surface area contributed by atoms with Crippen molar-refractivity contribution in [2.24, 2.45) is 11.8 Å². The monoisotopic (exact) mass is 374 g/mol. The highest BCUT2D eigenvalue weighted by atomic mass is 16.5. The van der Waals surface area contributed by atoms with Gasteiger partial charge < -0.3 is 15.4 Å². The van der Waals surface area contributed by atoms with Gasteiger partial charge in [-0.1, -0.05) is 44.2 Å². The predicted molar refractivity (Wildman–Crippen MR) is 98.8 cm³/mol. The number of amides is 2. The highest BCUT2D eigenvalue weighted by Gasteiger charge is 2.33. The molecule has 1 aromatic carbocycles. The topological polar surface area (TPSA) is 102 Å². The van der Waals surface area contributed by atoms with Crippen LogP contribution in [0, 0.1) is 11.8 Å². The second kappa shape index (κ2) is 9.85. The van der Waals surface area contributed by atoms with Crippen molar-refractivity contribution >= 4 is 23.6 Å². The summed E-state index contributed by atoms with van der Waals surface area (Å²) in [6.45, 7) is 4.16. The lowest BCUT2D eigenvalue weighted by atomic mass is 9.88. The summed E-state index contributed by atoms with van der Waals surface area (Å²) in [6, 6.07) is 8.45. The lowest BCUT2D eigenvalue weighted by Gasteiger charge is -2.22. The van der Waals surface area contributed by atoms with E-state index in [1.54, 1.807) is 0 Å². The fourth-order valence-electron chi connectivity index (χ4n) is 3.03. The molecule has 7 heteroatoms. The fraction of sp³-hybridized carbons (Fsp3) is 0.500. The summed E-state index contributed by atoms with van der Waals surface area (Å²) in [5.74, 6) is -2.27. The van der Waals surface area contributed by atoms with Crippen LogP contribution in [0.2, 0.25) is 0 Å². The number of hydrogen-bond donors (Lipinski definition) is 2. The van der Waals surface area contributed by atoms with E-state index in [0.717, 1.165) is 5.56 Å². The molecule has 2 amide bonds. The van der Waals surface area contributed by atoms with E-state index in [-0.39, 0.29) is 24.7 Å². The maximum Gasteiger partial charge on any atom is 0.408 e. The summed E-state index contributed by atoms with van der Waals surface area (Å²) in [5.41, 5.74) is 0.843. The molecule has 1 saturated heterocycles. The van der Waals surface area contributed by atoms with Gasteiger partial charge in [0, 0.05) is 18.9 Å². The SMILES string of the molecule is CC(C)C(NC(=O)OCc1ccccc1)C(=O)CC1CCCNC(=O)C1=O. The van der Waals surface area contributed by atoms with Crippen molar-refractivity contribution in [3.05, 3.63) is 35.9 Å². The molecule has 1 aromatic rings. The van der Waals surface area contributed by atoms with E-state index >= 15 is 0 Å². The first kappa shape index (κ1) is 20.6. The molecule has 2 rings (SSSR count). The van der Waals surface area contributed by atoms with E-state index in [9.17, 15) is 19.2 Å². The molecular weight excluding hydrogens is 348 g/mol. The number of carbonyl (C=O) groups excluding carboxylic acids is 4. The van der Waals surface area contributed by atoms with Crippen LogP contribution in [0.5, 0.6) is 0 Å². The minimum absolute atomic E-state index is 0.0614.